The van der Waals surface area contributed by atoms with Crippen LogP contribution in [0.4, 0.5) is 0 Å². The highest BCUT2D eigenvalue weighted by molar-refractivity contribution is 5.76. The molecule has 1 saturated heterocycles. The van der Waals surface area contributed by atoms with E-state index in [-0.39, 0.29) is 5.97 Å². The first kappa shape index (κ1) is 15.4. The molecular weight excluding hydrogens is 234 g/mol. The van der Waals surface area contributed by atoms with Crippen molar-refractivity contribution >= 4 is 5.97 Å². The first-order valence-electron chi connectivity index (χ1n) is 6.36. The number of hydrogen-bond acceptors (Lipinski definition) is 5. The minimum Gasteiger partial charge on any atom is -0.469 e. The summed E-state index contributed by atoms with van der Waals surface area (Å²) in [5.41, 5.74) is -1.26. The van der Waals surface area contributed by atoms with Crippen molar-refractivity contribution in [2.75, 3.05) is 40.5 Å². The number of carbonyl (C=O) groups is 1. The van der Waals surface area contributed by atoms with E-state index in [1.165, 1.54) is 7.11 Å². The minimum atomic E-state index is -0.695. The van der Waals surface area contributed by atoms with E-state index in [1.54, 1.807) is 0 Å². The van der Waals surface area contributed by atoms with Gasteiger partial charge in [-0.3, -0.25) is 4.79 Å². The quantitative estimate of drug-likeness (QED) is 0.735. The third-order valence-electron chi connectivity index (χ3n) is 3.39. The van der Waals surface area contributed by atoms with Crippen LogP contribution in [-0.2, 0) is 14.3 Å². The Morgan fingerprint density at radius 1 is 1.44 bits per heavy atom. The molecule has 0 aromatic carbocycles. The van der Waals surface area contributed by atoms with Crippen LogP contribution in [0.5, 0.6) is 0 Å². The maximum absolute atomic E-state index is 11.6. The van der Waals surface area contributed by atoms with Crippen LogP contribution in [0.15, 0.2) is 0 Å². The molecule has 0 bridgehead atoms. The molecule has 0 spiro atoms. The van der Waals surface area contributed by atoms with Gasteiger partial charge in [0.1, 0.15) is 0 Å². The number of esters is 1. The van der Waals surface area contributed by atoms with Crippen LogP contribution in [-0.4, -0.2) is 62.0 Å². The second-order valence-electron chi connectivity index (χ2n) is 5.88. The monoisotopic (exact) mass is 259 g/mol. The summed E-state index contributed by atoms with van der Waals surface area (Å²) in [6, 6.07) is 0. The van der Waals surface area contributed by atoms with Crippen LogP contribution in [0, 0.1) is 5.41 Å². The highest BCUT2D eigenvalue weighted by Crippen LogP contribution is 2.24. The Morgan fingerprint density at radius 2 is 2.00 bits per heavy atom. The van der Waals surface area contributed by atoms with Crippen LogP contribution in [0.25, 0.3) is 0 Å². The number of ether oxygens (including phenoxy) is 2. The first-order chi connectivity index (χ1) is 8.29. The molecule has 1 aliphatic rings. The van der Waals surface area contributed by atoms with Gasteiger partial charge < -0.3 is 19.5 Å². The van der Waals surface area contributed by atoms with Crippen molar-refractivity contribution in [1.82, 2.24) is 4.90 Å². The molecule has 1 N–H and O–H groups in total. The van der Waals surface area contributed by atoms with Crippen molar-refractivity contribution in [1.29, 1.82) is 0 Å². The van der Waals surface area contributed by atoms with Crippen molar-refractivity contribution in [3.63, 3.8) is 0 Å². The molecule has 0 unspecified atom stereocenters. The predicted octanol–water partition coefficient (Wildman–Crippen LogP) is 0.659. The maximum Gasteiger partial charge on any atom is 0.312 e. The molecule has 0 radical (unpaired) electrons. The van der Waals surface area contributed by atoms with Gasteiger partial charge >= 0.3 is 5.97 Å². The zero-order valence-electron chi connectivity index (χ0n) is 11.9. The van der Waals surface area contributed by atoms with E-state index in [2.05, 4.69) is 0 Å². The Hall–Kier alpha value is -0.650. The summed E-state index contributed by atoms with van der Waals surface area (Å²) in [7, 11) is 3.31. The maximum atomic E-state index is 11.6. The van der Waals surface area contributed by atoms with E-state index < -0.39 is 11.0 Å². The molecule has 1 rings (SSSR count). The normalized spacial score (nSPS) is 19.9. The molecule has 18 heavy (non-hydrogen) atoms. The first-order valence-corrected chi connectivity index (χ1v) is 6.36. The Morgan fingerprint density at radius 3 is 2.50 bits per heavy atom. The molecule has 0 saturated carbocycles. The van der Waals surface area contributed by atoms with Crippen LogP contribution in [0.3, 0.4) is 0 Å². The molecule has 0 atom stereocenters. The molecule has 5 heteroatoms. The largest absolute Gasteiger partial charge is 0.469 e. The van der Waals surface area contributed by atoms with Crippen molar-refractivity contribution in [3.05, 3.63) is 0 Å². The lowest BCUT2D eigenvalue weighted by Crippen LogP contribution is -2.48. The number of methoxy groups -OCH3 is 1. The third kappa shape index (κ3) is 4.23. The fourth-order valence-electron chi connectivity index (χ4n) is 2.48. The van der Waals surface area contributed by atoms with Gasteiger partial charge in [-0.2, -0.15) is 0 Å². The topological polar surface area (TPSA) is 59.0 Å². The Labute approximate surface area is 109 Å². The molecule has 0 amide bonds. The summed E-state index contributed by atoms with van der Waals surface area (Å²) in [6.07, 6.45) is 1.30. The summed E-state index contributed by atoms with van der Waals surface area (Å²) < 4.78 is 10.0. The Bertz CT molecular complexity index is 285. The number of likely N-dealkylation sites (N-methyl/N-ethyl adjacent to an activating group) is 1. The van der Waals surface area contributed by atoms with Gasteiger partial charge in [0.15, 0.2) is 0 Å². The van der Waals surface area contributed by atoms with E-state index in [9.17, 15) is 9.90 Å². The van der Waals surface area contributed by atoms with Crippen LogP contribution in [0.1, 0.15) is 26.7 Å². The van der Waals surface area contributed by atoms with Crippen molar-refractivity contribution in [3.8, 4) is 0 Å². The van der Waals surface area contributed by atoms with Crippen molar-refractivity contribution in [2.45, 2.75) is 32.3 Å². The van der Waals surface area contributed by atoms with Gasteiger partial charge in [-0.25, -0.2) is 0 Å². The van der Waals surface area contributed by atoms with Gasteiger partial charge in [-0.05, 0) is 20.9 Å². The molecule has 1 aliphatic heterocycles. The number of hydrogen-bond donors (Lipinski definition) is 1. The second kappa shape index (κ2) is 5.99. The van der Waals surface area contributed by atoms with E-state index in [0.29, 0.717) is 39.1 Å². The third-order valence-corrected chi connectivity index (χ3v) is 3.39. The number of carbonyl (C=O) groups excluding carboxylic acids is 1. The minimum absolute atomic E-state index is 0.228. The SMILES string of the molecule is COC(=O)C(C)(C)CN(C)CC1(O)CCOCC1. The fourth-order valence-corrected chi connectivity index (χ4v) is 2.48. The zero-order valence-corrected chi connectivity index (χ0v) is 11.9. The van der Waals surface area contributed by atoms with Crippen molar-refractivity contribution < 1.29 is 19.4 Å². The lowest BCUT2D eigenvalue weighted by Gasteiger charge is -2.37. The van der Waals surface area contributed by atoms with Gasteiger partial charge in [0.2, 0.25) is 0 Å². The van der Waals surface area contributed by atoms with Gasteiger partial charge in [0.05, 0.1) is 18.1 Å². The standard InChI is InChI=1S/C13H25NO4/c1-12(2,11(15)17-4)9-14(3)10-13(16)5-7-18-8-6-13/h16H,5-10H2,1-4H3. The summed E-state index contributed by atoms with van der Waals surface area (Å²) >= 11 is 0. The number of rotatable bonds is 5. The highest BCUT2D eigenvalue weighted by Gasteiger charge is 2.35. The highest BCUT2D eigenvalue weighted by atomic mass is 16.5. The van der Waals surface area contributed by atoms with Gasteiger partial charge in [-0.1, -0.05) is 0 Å². The second-order valence-corrected chi connectivity index (χ2v) is 5.88. The molecule has 0 aromatic rings. The summed E-state index contributed by atoms with van der Waals surface area (Å²) in [5, 5.41) is 10.4. The zero-order chi connectivity index (χ0) is 13.8. The number of nitrogens with zero attached hydrogens (tertiary/aromatic N) is 1. The number of aliphatic hydroxyl groups is 1. The molecule has 5 nitrogen and oxygen atoms in total. The fraction of sp³-hybridized carbons (Fsp3) is 0.923. The summed E-state index contributed by atoms with van der Waals surface area (Å²) in [4.78, 5) is 13.6. The van der Waals surface area contributed by atoms with E-state index in [4.69, 9.17) is 9.47 Å². The average Bonchev–Trinajstić information content (AvgIpc) is 2.27. The van der Waals surface area contributed by atoms with E-state index >= 15 is 0 Å². The Balaban J connectivity index is 2.50. The van der Waals surface area contributed by atoms with Crippen molar-refractivity contribution in [2.24, 2.45) is 5.41 Å². The van der Waals surface area contributed by atoms with Gasteiger partial charge in [0, 0.05) is 39.1 Å². The van der Waals surface area contributed by atoms with Crippen LogP contribution >= 0.6 is 0 Å². The smallest absolute Gasteiger partial charge is 0.312 e. The molecule has 106 valence electrons. The lowest BCUT2D eigenvalue weighted by atomic mass is 9.90. The molecule has 1 heterocycles. The summed E-state index contributed by atoms with van der Waals surface area (Å²) in [5.74, 6) is -0.228. The molecule has 1 fully saturated rings. The predicted molar refractivity (Wildman–Crippen MR) is 68.3 cm³/mol. The molecular formula is C13H25NO4. The molecule has 0 aliphatic carbocycles. The van der Waals surface area contributed by atoms with Gasteiger partial charge in [0.25, 0.3) is 0 Å². The Kier molecular flexibility index (Phi) is 5.13. The van der Waals surface area contributed by atoms with Crippen LogP contribution in [0.2, 0.25) is 0 Å². The lowest BCUT2D eigenvalue weighted by molar-refractivity contribution is -0.152. The summed E-state index contributed by atoms with van der Waals surface area (Å²) in [6.45, 7) is 6.02. The van der Waals surface area contributed by atoms with E-state index in [0.717, 1.165) is 0 Å². The van der Waals surface area contributed by atoms with Gasteiger partial charge in [-0.15, -0.1) is 0 Å². The van der Waals surface area contributed by atoms with Crippen LogP contribution < -0.4 is 0 Å². The molecule has 0 aromatic heterocycles. The van der Waals surface area contributed by atoms with E-state index in [1.807, 2.05) is 25.8 Å². The average molecular weight is 259 g/mol.